The summed E-state index contributed by atoms with van der Waals surface area (Å²) >= 11 is 4.23. The molecular weight excluding hydrogens is 392 g/mol. The molecule has 166 valence electrons. The molecule has 7 heteroatoms. The molecule has 0 fully saturated rings. The van der Waals surface area contributed by atoms with Crippen LogP contribution in [-0.2, 0) is 22.8 Å². The van der Waals surface area contributed by atoms with Crippen molar-refractivity contribution < 1.29 is 22.8 Å². The quantitative estimate of drug-likeness (QED) is 0.0956. The summed E-state index contributed by atoms with van der Waals surface area (Å²) in [6.07, 6.45) is 13.9. The maximum Gasteiger partial charge on any atom is 0.529 e. The number of ether oxygens (including phenoxy) is 1. The highest BCUT2D eigenvalue weighted by Gasteiger charge is 2.37. The molecule has 0 saturated carbocycles. The number of hydrogen-bond donors (Lipinski definition) is 1. The Bertz CT molecular complexity index is 405. The molecule has 0 aliphatic heterocycles. The fourth-order valence-electron chi connectivity index (χ4n) is 2.99. The van der Waals surface area contributed by atoms with Crippen molar-refractivity contribution in [2.75, 3.05) is 33.7 Å². The molecule has 0 aromatic carbocycles. The van der Waals surface area contributed by atoms with E-state index in [1.807, 2.05) is 0 Å². The summed E-state index contributed by atoms with van der Waals surface area (Å²) in [6, 6.07) is 0. The summed E-state index contributed by atoms with van der Waals surface area (Å²) in [6.45, 7) is 2.70. The number of esters is 1. The highest BCUT2D eigenvalue weighted by atomic mass is 32.1. The summed E-state index contributed by atoms with van der Waals surface area (Å²) in [5.74, 6) is 0.394. The van der Waals surface area contributed by atoms with Crippen molar-refractivity contribution >= 4 is 27.4 Å². The lowest BCUT2D eigenvalue weighted by molar-refractivity contribution is -0.139. The first-order chi connectivity index (χ1) is 13.6. The van der Waals surface area contributed by atoms with Crippen molar-refractivity contribution in [3.63, 3.8) is 0 Å². The zero-order valence-electron chi connectivity index (χ0n) is 18.5. The molecule has 0 radical (unpaired) electrons. The fourth-order valence-corrected chi connectivity index (χ4v) is 4.69. The molecule has 0 N–H and O–H groups in total. The molecule has 0 aromatic rings. The van der Waals surface area contributed by atoms with Gasteiger partial charge in [0.05, 0.1) is 6.61 Å². The van der Waals surface area contributed by atoms with Crippen molar-refractivity contribution in [1.29, 1.82) is 0 Å². The monoisotopic (exact) mass is 434 g/mol. The SMILES string of the molecule is CCCCCCCCCCCCOC(=O)C(=C[Si](OC)(OC)OC)CCCS. The van der Waals surface area contributed by atoms with E-state index in [1.165, 1.54) is 72.7 Å². The van der Waals surface area contributed by atoms with Crippen LogP contribution in [0.5, 0.6) is 0 Å². The molecule has 28 heavy (non-hydrogen) atoms. The van der Waals surface area contributed by atoms with Crippen LogP contribution in [0, 0.1) is 0 Å². The van der Waals surface area contributed by atoms with E-state index in [0.29, 0.717) is 24.4 Å². The third kappa shape index (κ3) is 13.0. The Morgan fingerprint density at radius 1 is 0.821 bits per heavy atom. The summed E-state index contributed by atoms with van der Waals surface area (Å²) in [5, 5.41) is 0. The number of carbonyl (C=O) groups excluding carboxylic acids is 1. The molecule has 0 aliphatic rings. The average molecular weight is 435 g/mol. The zero-order chi connectivity index (χ0) is 21.1. The van der Waals surface area contributed by atoms with Gasteiger partial charge in [0.2, 0.25) is 0 Å². The maximum atomic E-state index is 12.5. The maximum absolute atomic E-state index is 12.5. The zero-order valence-corrected chi connectivity index (χ0v) is 20.4. The van der Waals surface area contributed by atoms with Crippen LogP contribution in [0.25, 0.3) is 0 Å². The standard InChI is InChI=1S/C21H42O5SSi/c1-5-6-7-8-9-10-11-12-13-14-17-26-21(22)20(16-15-18-27)19-28(23-2,24-3)25-4/h19,27H,5-18H2,1-4H3. The van der Waals surface area contributed by atoms with Crippen molar-refractivity contribution in [2.24, 2.45) is 0 Å². The molecule has 0 saturated heterocycles. The summed E-state index contributed by atoms with van der Waals surface area (Å²) in [7, 11) is 1.62. The molecule has 0 spiro atoms. The summed E-state index contributed by atoms with van der Waals surface area (Å²) in [4.78, 5) is 12.5. The van der Waals surface area contributed by atoms with Gasteiger partial charge in [0.25, 0.3) is 0 Å². The lowest BCUT2D eigenvalue weighted by Gasteiger charge is -2.22. The third-order valence-electron chi connectivity index (χ3n) is 4.80. The minimum Gasteiger partial charge on any atom is -0.462 e. The second-order valence-corrected chi connectivity index (χ2v) is 10.2. The van der Waals surface area contributed by atoms with Gasteiger partial charge in [-0.05, 0) is 30.7 Å². The molecule has 0 aliphatic carbocycles. The van der Waals surface area contributed by atoms with Gasteiger partial charge in [0.15, 0.2) is 0 Å². The van der Waals surface area contributed by atoms with Gasteiger partial charge in [-0.1, -0.05) is 64.7 Å². The van der Waals surface area contributed by atoms with Crippen LogP contribution in [0.1, 0.15) is 84.0 Å². The number of rotatable bonds is 19. The van der Waals surface area contributed by atoms with Crippen LogP contribution in [0.3, 0.4) is 0 Å². The van der Waals surface area contributed by atoms with Crippen molar-refractivity contribution in [2.45, 2.75) is 84.0 Å². The van der Waals surface area contributed by atoms with Crippen molar-refractivity contribution in [1.82, 2.24) is 0 Å². The number of thiol groups is 1. The molecule has 0 amide bonds. The Morgan fingerprint density at radius 3 is 1.79 bits per heavy atom. The van der Waals surface area contributed by atoms with Gasteiger partial charge < -0.3 is 18.0 Å². The predicted octanol–water partition coefficient (Wildman–Crippen LogP) is 5.50. The Labute approximate surface area is 179 Å². The average Bonchev–Trinajstić information content (AvgIpc) is 2.72. The molecule has 0 aromatic heterocycles. The van der Waals surface area contributed by atoms with Crippen molar-refractivity contribution in [3.05, 3.63) is 11.3 Å². The molecule has 0 bridgehead atoms. The van der Waals surface area contributed by atoms with E-state index in [0.717, 1.165) is 19.3 Å². The first-order valence-corrected chi connectivity index (χ1v) is 13.2. The van der Waals surface area contributed by atoms with Crippen LogP contribution < -0.4 is 0 Å². The largest absolute Gasteiger partial charge is 0.529 e. The number of hydrogen-bond acceptors (Lipinski definition) is 6. The lowest BCUT2D eigenvalue weighted by Crippen LogP contribution is -2.42. The van der Waals surface area contributed by atoms with Gasteiger partial charge in [-0.25, -0.2) is 4.79 Å². The van der Waals surface area contributed by atoms with Crippen LogP contribution in [0.4, 0.5) is 0 Å². The van der Waals surface area contributed by atoms with E-state index in [1.54, 1.807) is 5.70 Å². The molecule has 5 nitrogen and oxygen atoms in total. The first kappa shape index (κ1) is 27.7. The van der Waals surface area contributed by atoms with E-state index in [9.17, 15) is 4.79 Å². The van der Waals surface area contributed by atoms with Gasteiger partial charge in [0.1, 0.15) is 0 Å². The Balaban J connectivity index is 4.19. The van der Waals surface area contributed by atoms with Crippen LogP contribution >= 0.6 is 12.6 Å². The van der Waals surface area contributed by atoms with Gasteiger partial charge in [-0.15, -0.1) is 0 Å². The molecule has 0 heterocycles. The second kappa shape index (κ2) is 18.7. The fraction of sp³-hybridized carbons (Fsp3) is 0.857. The predicted molar refractivity (Wildman–Crippen MR) is 121 cm³/mol. The molecule has 0 rings (SSSR count). The van der Waals surface area contributed by atoms with E-state index < -0.39 is 8.80 Å². The van der Waals surface area contributed by atoms with Gasteiger partial charge in [-0.2, -0.15) is 12.6 Å². The first-order valence-electron chi connectivity index (χ1n) is 10.7. The van der Waals surface area contributed by atoms with E-state index in [2.05, 4.69) is 19.6 Å². The number of carbonyl (C=O) groups is 1. The molecular formula is C21H42O5SSi. The smallest absolute Gasteiger partial charge is 0.462 e. The second-order valence-electron chi connectivity index (χ2n) is 7.03. The van der Waals surface area contributed by atoms with Gasteiger partial charge >= 0.3 is 14.8 Å². The Kier molecular flexibility index (Phi) is 18.4. The summed E-state index contributed by atoms with van der Waals surface area (Å²) < 4.78 is 21.7. The van der Waals surface area contributed by atoms with Gasteiger partial charge in [-0.3, -0.25) is 0 Å². The van der Waals surface area contributed by atoms with Crippen molar-refractivity contribution in [3.8, 4) is 0 Å². The highest BCUT2D eigenvalue weighted by Crippen LogP contribution is 2.17. The van der Waals surface area contributed by atoms with E-state index >= 15 is 0 Å². The number of unbranched alkanes of at least 4 members (excludes halogenated alkanes) is 9. The lowest BCUT2D eigenvalue weighted by atomic mass is 10.1. The Hall–Kier alpha value is -0.343. The topological polar surface area (TPSA) is 54.0 Å². The van der Waals surface area contributed by atoms with Crippen LogP contribution in [0.2, 0.25) is 0 Å². The van der Waals surface area contributed by atoms with Crippen LogP contribution in [-0.4, -0.2) is 48.5 Å². The molecule has 0 atom stereocenters. The third-order valence-corrected chi connectivity index (χ3v) is 7.53. The highest BCUT2D eigenvalue weighted by molar-refractivity contribution is 7.80. The molecule has 0 unspecified atom stereocenters. The van der Waals surface area contributed by atoms with Gasteiger partial charge in [0, 0.05) is 26.9 Å². The van der Waals surface area contributed by atoms with E-state index in [-0.39, 0.29) is 5.97 Å². The minimum absolute atomic E-state index is 0.305. The van der Waals surface area contributed by atoms with E-state index in [4.69, 9.17) is 18.0 Å². The van der Waals surface area contributed by atoms with Crippen LogP contribution in [0.15, 0.2) is 11.3 Å². The normalized spacial score (nSPS) is 12.4. The summed E-state index contributed by atoms with van der Waals surface area (Å²) in [5.41, 5.74) is 2.25. The minimum atomic E-state index is -2.96. The Morgan fingerprint density at radius 2 is 1.32 bits per heavy atom.